The second kappa shape index (κ2) is 5.14. The van der Waals surface area contributed by atoms with Gasteiger partial charge in [-0.1, -0.05) is 41.6 Å². The molecule has 2 heteroatoms. The summed E-state index contributed by atoms with van der Waals surface area (Å²) in [6.45, 7) is 1.93. The summed E-state index contributed by atoms with van der Waals surface area (Å²) in [6, 6.07) is 10.1. The monoisotopic (exact) mass is 175 g/mol. The van der Waals surface area contributed by atoms with Crippen molar-refractivity contribution >= 4 is 6.21 Å². The number of hydrogen-bond donors (Lipinski definition) is 1. The SMILES string of the molecule is CC=C(/C=N/O)Cc1ccccc1. The predicted molar refractivity (Wildman–Crippen MR) is 54.2 cm³/mol. The second-order valence-electron chi connectivity index (χ2n) is 2.77. The molecule has 0 amide bonds. The molecular formula is C11H13NO. The molecule has 0 bridgehead atoms. The van der Waals surface area contributed by atoms with Gasteiger partial charge in [-0.25, -0.2) is 0 Å². The minimum Gasteiger partial charge on any atom is -0.411 e. The van der Waals surface area contributed by atoms with Gasteiger partial charge >= 0.3 is 0 Å². The van der Waals surface area contributed by atoms with E-state index in [-0.39, 0.29) is 0 Å². The van der Waals surface area contributed by atoms with Crippen molar-refractivity contribution in [2.75, 3.05) is 0 Å². The molecule has 0 aliphatic rings. The summed E-state index contributed by atoms with van der Waals surface area (Å²) in [6.07, 6.45) is 4.21. The molecule has 0 fully saturated rings. The highest BCUT2D eigenvalue weighted by Crippen LogP contribution is 2.05. The van der Waals surface area contributed by atoms with Crippen LogP contribution < -0.4 is 0 Å². The molecule has 0 unspecified atom stereocenters. The van der Waals surface area contributed by atoms with Crippen LogP contribution in [0, 0.1) is 0 Å². The number of allylic oxidation sites excluding steroid dienone is 2. The Kier molecular flexibility index (Phi) is 3.76. The Balaban J connectivity index is 2.68. The molecule has 0 aliphatic carbocycles. The zero-order valence-corrected chi connectivity index (χ0v) is 7.64. The number of nitrogens with zero attached hydrogens (tertiary/aromatic N) is 1. The van der Waals surface area contributed by atoms with E-state index in [9.17, 15) is 0 Å². The summed E-state index contributed by atoms with van der Waals surface area (Å²) < 4.78 is 0. The van der Waals surface area contributed by atoms with Gasteiger partial charge in [-0.15, -0.1) is 0 Å². The molecule has 1 aromatic rings. The fourth-order valence-corrected chi connectivity index (χ4v) is 1.13. The first-order chi connectivity index (χ1) is 6.36. The summed E-state index contributed by atoms with van der Waals surface area (Å²) in [7, 11) is 0. The van der Waals surface area contributed by atoms with Crippen molar-refractivity contribution in [1.82, 2.24) is 0 Å². The molecule has 0 aliphatic heterocycles. The summed E-state index contributed by atoms with van der Waals surface area (Å²) >= 11 is 0. The molecule has 13 heavy (non-hydrogen) atoms. The van der Waals surface area contributed by atoms with Crippen molar-refractivity contribution in [1.29, 1.82) is 0 Å². The minimum absolute atomic E-state index is 0.807. The Morgan fingerprint density at radius 2 is 2.08 bits per heavy atom. The van der Waals surface area contributed by atoms with E-state index in [2.05, 4.69) is 17.3 Å². The van der Waals surface area contributed by atoms with Crippen LogP contribution in [0.15, 0.2) is 47.1 Å². The van der Waals surface area contributed by atoms with Crippen molar-refractivity contribution in [3.05, 3.63) is 47.5 Å². The number of oxime groups is 1. The summed E-state index contributed by atoms with van der Waals surface area (Å²) in [5.41, 5.74) is 2.23. The van der Waals surface area contributed by atoms with Crippen LogP contribution in [0.4, 0.5) is 0 Å². The third-order valence-corrected chi connectivity index (χ3v) is 1.85. The van der Waals surface area contributed by atoms with Crippen LogP contribution in [0.25, 0.3) is 0 Å². The van der Waals surface area contributed by atoms with Gasteiger partial charge in [0.15, 0.2) is 0 Å². The zero-order chi connectivity index (χ0) is 9.52. The van der Waals surface area contributed by atoms with Gasteiger partial charge in [0, 0.05) is 0 Å². The molecule has 0 atom stereocenters. The summed E-state index contributed by atoms with van der Waals surface area (Å²) in [4.78, 5) is 0. The number of benzene rings is 1. The molecular weight excluding hydrogens is 162 g/mol. The van der Waals surface area contributed by atoms with Crippen LogP contribution in [-0.4, -0.2) is 11.4 Å². The first kappa shape index (κ1) is 9.52. The molecule has 2 nitrogen and oxygen atoms in total. The van der Waals surface area contributed by atoms with Gasteiger partial charge in [0.25, 0.3) is 0 Å². The normalized spacial score (nSPS) is 12.2. The average Bonchev–Trinajstić information content (AvgIpc) is 2.19. The van der Waals surface area contributed by atoms with Crippen molar-refractivity contribution in [2.24, 2.45) is 5.16 Å². The summed E-state index contributed by atoms with van der Waals surface area (Å²) in [5.74, 6) is 0. The lowest BCUT2D eigenvalue weighted by molar-refractivity contribution is 0.321. The minimum atomic E-state index is 0.807. The van der Waals surface area contributed by atoms with Crippen LogP contribution in [0.2, 0.25) is 0 Å². The maximum absolute atomic E-state index is 8.37. The van der Waals surface area contributed by atoms with Crippen LogP contribution in [0.5, 0.6) is 0 Å². The smallest absolute Gasteiger partial charge is 0.0693 e. The molecule has 0 spiro atoms. The Morgan fingerprint density at radius 3 is 2.62 bits per heavy atom. The van der Waals surface area contributed by atoms with Crippen LogP contribution >= 0.6 is 0 Å². The molecule has 0 heterocycles. The van der Waals surface area contributed by atoms with E-state index < -0.39 is 0 Å². The van der Waals surface area contributed by atoms with Gasteiger partial charge in [0.1, 0.15) is 0 Å². The lowest BCUT2D eigenvalue weighted by Gasteiger charge is -1.99. The van der Waals surface area contributed by atoms with Crippen molar-refractivity contribution in [3.8, 4) is 0 Å². The van der Waals surface area contributed by atoms with Crippen LogP contribution in [-0.2, 0) is 6.42 Å². The van der Waals surface area contributed by atoms with E-state index in [0.717, 1.165) is 12.0 Å². The topological polar surface area (TPSA) is 32.6 Å². The third-order valence-electron chi connectivity index (χ3n) is 1.85. The largest absolute Gasteiger partial charge is 0.411 e. The average molecular weight is 175 g/mol. The zero-order valence-electron chi connectivity index (χ0n) is 7.64. The van der Waals surface area contributed by atoms with Crippen molar-refractivity contribution < 1.29 is 5.21 Å². The van der Waals surface area contributed by atoms with E-state index in [1.807, 2.05) is 31.2 Å². The molecule has 0 radical (unpaired) electrons. The van der Waals surface area contributed by atoms with E-state index in [0.29, 0.717) is 0 Å². The van der Waals surface area contributed by atoms with Gasteiger partial charge in [-0.05, 0) is 24.5 Å². The Labute approximate surface area is 78.2 Å². The Bertz CT molecular complexity index is 301. The highest BCUT2D eigenvalue weighted by Gasteiger charge is 1.94. The highest BCUT2D eigenvalue weighted by molar-refractivity contribution is 5.78. The van der Waals surface area contributed by atoms with Gasteiger partial charge in [0.05, 0.1) is 6.21 Å². The van der Waals surface area contributed by atoms with E-state index in [1.54, 1.807) is 0 Å². The van der Waals surface area contributed by atoms with Crippen LogP contribution in [0.1, 0.15) is 12.5 Å². The number of rotatable bonds is 3. The Hall–Kier alpha value is -1.57. The van der Waals surface area contributed by atoms with Crippen molar-refractivity contribution in [2.45, 2.75) is 13.3 Å². The molecule has 0 saturated carbocycles. The van der Waals surface area contributed by atoms with Crippen molar-refractivity contribution in [3.63, 3.8) is 0 Å². The molecule has 1 rings (SSSR count). The molecule has 1 aromatic carbocycles. The molecule has 0 aromatic heterocycles. The highest BCUT2D eigenvalue weighted by atomic mass is 16.4. The lowest BCUT2D eigenvalue weighted by Crippen LogP contribution is -1.91. The first-order valence-electron chi connectivity index (χ1n) is 4.23. The van der Waals surface area contributed by atoms with E-state index in [1.165, 1.54) is 11.8 Å². The first-order valence-corrected chi connectivity index (χ1v) is 4.23. The van der Waals surface area contributed by atoms with Gasteiger partial charge in [-0.3, -0.25) is 0 Å². The van der Waals surface area contributed by atoms with E-state index in [4.69, 9.17) is 5.21 Å². The maximum Gasteiger partial charge on any atom is 0.0693 e. The number of hydrogen-bond acceptors (Lipinski definition) is 2. The fourth-order valence-electron chi connectivity index (χ4n) is 1.13. The molecule has 1 N–H and O–H groups in total. The van der Waals surface area contributed by atoms with E-state index >= 15 is 0 Å². The van der Waals surface area contributed by atoms with Gasteiger partial charge < -0.3 is 5.21 Å². The van der Waals surface area contributed by atoms with Gasteiger partial charge in [0.2, 0.25) is 0 Å². The quantitative estimate of drug-likeness (QED) is 0.427. The lowest BCUT2D eigenvalue weighted by atomic mass is 10.1. The predicted octanol–water partition coefficient (Wildman–Crippen LogP) is 2.64. The Morgan fingerprint density at radius 1 is 1.38 bits per heavy atom. The maximum atomic E-state index is 8.37. The van der Waals surface area contributed by atoms with Gasteiger partial charge in [-0.2, -0.15) is 0 Å². The van der Waals surface area contributed by atoms with Crippen LogP contribution in [0.3, 0.4) is 0 Å². The molecule has 68 valence electrons. The summed E-state index contributed by atoms with van der Waals surface area (Å²) in [5, 5.41) is 11.4. The third kappa shape index (κ3) is 3.11. The molecule has 0 saturated heterocycles. The standard InChI is InChI=1S/C11H13NO/c1-2-10(9-12-13)8-11-6-4-3-5-7-11/h2-7,9,13H,8H2,1H3/b10-2?,12-9+. The fraction of sp³-hybridized carbons (Fsp3) is 0.182. The second-order valence-corrected chi connectivity index (χ2v) is 2.77.